The zero-order chi connectivity index (χ0) is 20.9. The predicted molar refractivity (Wildman–Crippen MR) is 101 cm³/mol. The molecule has 2 amide bonds. The fourth-order valence-electron chi connectivity index (χ4n) is 2.23. The fraction of sp³-hybridized carbons (Fsp3) is 0.158. The molecule has 0 heterocycles. The van der Waals surface area contributed by atoms with E-state index in [-0.39, 0.29) is 10.6 Å². The second-order valence-corrected chi connectivity index (χ2v) is 7.71. The van der Waals surface area contributed by atoms with Crippen LogP contribution >= 0.6 is 0 Å². The van der Waals surface area contributed by atoms with E-state index in [1.165, 1.54) is 24.3 Å². The highest BCUT2D eigenvalue weighted by atomic mass is 32.2. The molecule has 0 saturated carbocycles. The first-order chi connectivity index (χ1) is 13.1. The Morgan fingerprint density at radius 2 is 1.46 bits per heavy atom. The molecule has 0 aliphatic rings. The number of hydrogen-bond acceptors (Lipinski definition) is 6. The summed E-state index contributed by atoms with van der Waals surface area (Å²) in [5.74, 6) is -3.11. The Hall–Kier alpha value is -3.33. The molecular weight excluding hydrogens is 384 g/mol. The summed E-state index contributed by atoms with van der Waals surface area (Å²) >= 11 is 0. The summed E-state index contributed by atoms with van der Waals surface area (Å²) in [6.07, 6.45) is -0.579. The van der Waals surface area contributed by atoms with Gasteiger partial charge in [0, 0.05) is 18.2 Å². The van der Waals surface area contributed by atoms with Gasteiger partial charge >= 0.3 is 0 Å². The molecule has 0 aliphatic carbocycles. The third-order valence-corrected chi connectivity index (χ3v) is 5.10. The molecule has 0 spiro atoms. The molecule has 0 aliphatic heterocycles. The highest BCUT2D eigenvalue weighted by Gasteiger charge is 2.20. The van der Waals surface area contributed by atoms with E-state index in [0.29, 0.717) is 5.56 Å². The Bertz CT molecular complexity index is 1030. The van der Waals surface area contributed by atoms with Gasteiger partial charge in [0.15, 0.2) is 5.78 Å². The third-order valence-electron chi connectivity index (χ3n) is 3.65. The number of anilines is 1. The molecule has 0 radical (unpaired) electrons. The molecule has 0 unspecified atom stereocenters. The van der Waals surface area contributed by atoms with Crippen LogP contribution in [0.1, 0.15) is 29.3 Å². The van der Waals surface area contributed by atoms with Gasteiger partial charge in [0.25, 0.3) is 15.9 Å². The van der Waals surface area contributed by atoms with E-state index in [1.54, 1.807) is 24.3 Å². The molecule has 2 rings (SSSR count). The van der Waals surface area contributed by atoms with E-state index in [0.717, 1.165) is 12.5 Å². The number of carbonyl (C=O) groups excluding carboxylic acids is 4. The summed E-state index contributed by atoms with van der Waals surface area (Å²) in [6.45, 7) is 2.93. The summed E-state index contributed by atoms with van der Waals surface area (Å²) in [5.41, 5.74) is 1.46. The van der Waals surface area contributed by atoms with Crippen molar-refractivity contribution in [1.82, 2.24) is 4.72 Å². The maximum atomic E-state index is 12.1. The third kappa shape index (κ3) is 5.58. The van der Waals surface area contributed by atoms with Crippen LogP contribution in [0.3, 0.4) is 0 Å². The highest BCUT2D eigenvalue weighted by molar-refractivity contribution is 7.90. The summed E-state index contributed by atoms with van der Waals surface area (Å²) in [6, 6.07) is 11.5. The zero-order valence-corrected chi connectivity index (χ0v) is 16.0. The van der Waals surface area contributed by atoms with Crippen LogP contribution in [-0.2, 0) is 24.4 Å². The van der Waals surface area contributed by atoms with Crippen molar-refractivity contribution >= 4 is 39.1 Å². The summed E-state index contributed by atoms with van der Waals surface area (Å²) in [7, 11) is -3.99. The molecule has 0 bridgehead atoms. The lowest BCUT2D eigenvalue weighted by molar-refractivity contribution is -0.134. The Labute approximate surface area is 162 Å². The standard InChI is InChI=1S/C19H18N2O6S/c1-12-3-5-14(6-4-12)17(23)11-18(24)19(25)20-15-7-9-16(10-8-15)28(26,27)21-13(2)22/h3-10H,11H2,1-2H3,(H,20,25)(H,21,22). The van der Waals surface area contributed by atoms with E-state index in [2.05, 4.69) is 5.32 Å². The summed E-state index contributed by atoms with van der Waals surface area (Å²) in [4.78, 5) is 46.7. The Kier molecular flexibility index (Phi) is 6.42. The number of amides is 2. The summed E-state index contributed by atoms with van der Waals surface area (Å²) in [5, 5.41) is 2.30. The SMILES string of the molecule is CC(=O)NS(=O)(=O)c1ccc(NC(=O)C(=O)CC(=O)c2ccc(C)cc2)cc1. The van der Waals surface area contributed by atoms with Crippen molar-refractivity contribution in [3.8, 4) is 0 Å². The van der Waals surface area contributed by atoms with Crippen LogP contribution in [0.5, 0.6) is 0 Å². The molecule has 0 aromatic heterocycles. The second kappa shape index (κ2) is 8.57. The minimum absolute atomic E-state index is 0.169. The number of benzene rings is 2. The number of rotatable bonds is 7. The van der Waals surface area contributed by atoms with Crippen molar-refractivity contribution < 1.29 is 27.6 Å². The smallest absolute Gasteiger partial charge is 0.292 e. The van der Waals surface area contributed by atoms with Crippen LogP contribution in [0.2, 0.25) is 0 Å². The van der Waals surface area contributed by atoms with Crippen molar-refractivity contribution in [1.29, 1.82) is 0 Å². The molecule has 2 N–H and O–H groups in total. The van der Waals surface area contributed by atoms with E-state index in [1.807, 2.05) is 11.6 Å². The first-order valence-electron chi connectivity index (χ1n) is 8.16. The number of sulfonamides is 1. The Morgan fingerprint density at radius 1 is 0.893 bits per heavy atom. The van der Waals surface area contributed by atoms with Crippen LogP contribution in [0, 0.1) is 6.92 Å². The molecule has 8 nitrogen and oxygen atoms in total. The topological polar surface area (TPSA) is 126 Å². The van der Waals surface area contributed by atoms with E-state index >= 15 is 0 Å². The van der Waals surface area contributed by atoms with Gasteiger partial charge in [-0.15, -0.1) is 0 Å². The van der Waals surface area contributed by atoms with Gasteiger partial charge in [0.2, 0.25) is 11.7 Å². The van der Waals surface area contributed by atoms with Crippen molar-refractivity contribution in [2.24, 2.45) is 0 Å². The van der Waals surface area contributed by atoms with Crippen LogP contribution in [0.15, 0.2) is 53.4 Å². The molecule has 0 atom stereocenters. The van der Waals surface area contributed by atoms with Crippen molar-refractivity contribution in [3.05, 3.63) is 59.7 Å². The molecule has 2 aromatic carbocycles. The minimum atomic E-state index is -3.99. The number of carbonyl (C=O) groups is 4. The quantitative estimate of drug-likeness (QED) is 0.411. The van der Waals surface area contributed by atoms with Gasteiger partial charge in [-0.3, -0.25) is 19.2 Å². The lowest BCUT2D eigenvalue weighted by Gasteiger charge is -2.07. The number of Topliss-reactive ketones (excluding diaryl/α,β-unsaturated/α-hetero) is 2. The molecule has 146 valence electrons. The highest BCUT2D eigenvalue weighted by Crippen LogP contribution is 2.14. The van der Waals surface area contributed by atoms with E-state index in [4.69, 9.17) is 0 Å². The molecule has 0 saturated heterocycles. The molecule has 28 heavy (non-hydrogen) atoms. The normalized spacial score (nSPS) is 10.8. The second-order valence-electron chi connectivity index (χ2n) is 6.03. The lowest BCUT2D eigenvalue weighted by atomic mass is 10.0. The zero-order valence-electron chi connectivity index (χ0n) is 15.2. The van der Waals surface area contributed by atoms with Gasteiger partial charge in [-0.05, 0) is 31.2 Å². The maximum absolute atomic E-state index is 12.1. The monoisotopic (exact) mass is 402 g/mol. The fourth-order valence-corrected chi connectivity index (χ4v) is 3.22. The van der Waals surface area contributed by atoms with Crippen molar-refractivity contribution in [2.75, 3.05) is 5.32 Å². The van der Waals surface area contributed by atoms with Crippen LogP contribution in [0.25, 0.3) is 0 Å². The lowest BCUT2D eigenvalue weighted by Crippen LogP contribution is -2.28. The molecule has 0 fully saturated rings. The molecular formula is C19H18N2O6S. The average Bonchev–Trinajstić information content (AvgIpc) is 2.61. The summed E-state index contributed by atoms with van der Waals surface area (Å²) < 4.78 is 25.5. The molecule has 9 heteroatoms. The maximum Gasteiger partial charge on any atom is 0.292 e. The van der Waals surface area contributed by atoms with Crippen molar-refractivity contribution in [3.63, 3.8) is 0 Å². The van der Waals surface area contributed by atoms with Gasteiger partial charge in [-0.25, -0.2) is 13.1 Å². The first kappa shape index (κ1) is 21.0. The van der Waals surface area contributed by atoms with E-state index < -0.39 is 39.8 Å². The molecule has 2 aromatic rings. The van der Waals surface area contributed by atoms with Crippen LogP contribution in [0.4, 0.5) is 5.69 Å². The van der Waals surface area contributed by atoms with Gasteiger partial charge in [0.05, 0.1) is 11.3 Å². The number of aryl methyl sites for hydroxylation is 1. The number of hydrogen-bond donors (Lipinski definition) is 2. The largest absolute Gasteiger partial charge is 0.319 e. The van der Waals surface area contributed by atoms with Gasteiger partial charge in [0.1, 0.15) is 0 Å². The number of nitrogens with one attached hydrogen (secondary N) is 2. The van der Waals surface area contributed by atoms with E-state index in [9.17, 15) is 27.6 Å². The first-order valence-corrected chi connectivity index (χ1v) is 9.64. The van der Waals surface area contributed by atoms with Crippen LogP contribution < -0.4 is 10.0 Å². The van der Waals surface area contributed by atoms with Gasteiger partial charge < -0.3 is 5.32 Å². The Morgan fingerprint density at radius 3 is 2.00 bits per heavy atom. The predicted octanol–water partition coefficient (Wildman–Crippen LogP) is 1.60. The Balaban J connectivity index is 2.00. The number of ketones is 2. The van der Waals surface area contributed by atoms with Gasteiger partial charge in [-0.2, -0.15) is 0 Å². The van der Waals surface area contributed by atoms with Gasteiger partial charge in [-0.1, -0.05) is 29.8 Å². The van der Waals surface area contributed by atoms with Crippen LogP contribution in [-0.4, -0.2) is 31.8 Å². The minimum Gasteiger partial charge on any atom is -0.319 e. The van der Waals surface area contributed by atoms with Crippen molar-refractivity contribution in [2.45, 2.75) is 25.2 Å². The average molecular weight is 402 g/mol.